The van der Waals surface area contributed by atoms with Crippen molar-refractivity contribution in [3.8, 4) is 0 Å². The van der Waals surface area contributed by atoms with Crippen molar-refractivity contribution in [3.05, 3.63) is 23.4 Å². The zero-order valence-electron chi connectivity index (χ0n) is 11.9. The Morgan fingerprint density at radius 3 is 2.78 bits per heavy atom. The maximum Gasteiger partial charge on any atom is 0.211 e. The maximum absolute atomic E-state index is 10.8. The van der Waals surface area contributed by atoms with E-state index in [4.69, 9.17) is 0 Å². The summed E-state index contributed by atoms with van der Waals surface area (Å²) in [6.07, 6.45) is 7.02. The molecule has 0 heterocycles. The summed E-state index contributed by atoms with van der Waals surface area (Å²) in [5.41, 5.74) is 4.18. The number of rotatable bonds is 3. The summed E-state index contributed by atoms with van der Waals surface area (Å²) >= 11 is 0. The fraction of sp³-hybridized carbons (Fsp3) is 0.688. The van der Waals surface area contributed by atoms with E-state index in [1.165, 1.54) is 36.8 Å². The quantitative estimate of drug-likeness (QED) is 0.596. The van der Waals surface area contributed by atoms with Crippen molar-refractivity contribution in [2.24, 2.45) is 17.3 Å². The largest absolute Gasteiger partial charge is 0.332 e. The highest BCUT2D eigenvalue weighted by Crippen LogP contribution is 2.58. The first kappa shape index (κ1) is 13.4. The SMILES string of the molecule is C=C1CCC[C@]2(C)CCC(C(NC=O)=C(C)C)[C@H]12. The molecule has 100 valence electrons. The molecule has 2 heteroatoms. The van der Waals surface area contributed by atoms with E-state index in [0.29, 0.717) is 17.3 Å². The zero-order valence-corrected chi connectivity index (χ0v) is 11.9. The number of allylic oxidation sites excluding steroid dienone is 3. The molecule has 0 aliphatic heterocycles. The Morgan fingerprint density at radius 1 is 1.44 bits per heavy atom. The third-order valence-electron chi connectivity index (χ3n) is 4.99. The van der Waals surface area contributed by atoms with Crippen LogP contribution in [0.2, 0.25) is 0 Å². The second-order valence-electron chi connectivity index (χ2n) is 6.46. The minimum atomic E-state index is 0.408. The van der Waals surface area contributed by atoms with Gasteiger partial charge in [-0.25, -0.2) is 0 Å². The van der Waals surface area contributed by atoms with Gasteiger partial charge in [0.1, 0.15) is 0 Å². The van der Waals surface area contributed by atoms with E-state index in [2.05, 4.69) is 32.7 Å². The van der Waals surface area contributed by atoms with E-state index in [9.17, 15) is 4.79 Å². The lowest BCUT2D eigenvalue weighted by Gasteiger charge is -2.40. The lowest BCUT2D eigenvalue weighted by atomic mass is 9.65. The predicted molar refractivity (Wildman–Crippen MR) is 74.9 cm³/mol. The van der Waals surface area contributed by atoms with Crippen LogP contribution in [-0.4, -0.2) is 6.41 Å². The number of amides is 1. The molecule has 0 bridgehead atoms. The van der Waals surface area contributed by atoms with Crippen LogP contribution in [0.4, 0.5) is 0 Å². The second-order valence-corrected chi connectivity index (χ2v) is 6.46. The van der Waals surface area contributed by atoms with Gasteiger partial charge in [0, 0.05) is 11.6 Å². The average molecular weight is 247 g/mol. The van der Waals surface area contributed by atoms with E-state index < -0.39 is 0 Å². The summed E-state index contributed by atoms with van der Waals surface area (Å²) in [5.74, 6) is 1.03. The average Bonchev–Trinajstić information content (AvgIpc) is 2.64. The van der Waals surface area contributed by atoms with Gasteiger partial charge in [-0.05, 0) is 57.3 Å². The Hall–Kier alpha value is -1.05. The Balaban J connectivity index is 2.32. The molecule has 2 saturated carbocycles. The molecule has 0 spiro atoms. The van der Waals surface area contributed by atoms with Gasteiger partial charge in [0.25, 0.3) is 0 Å². The summed E-state index contributed by atoms with van der Waals surface area (Å²) in [4.78, 5) is 10.8. The van der Waals surface area contributed by atoms with Crippen LogP contribution in [0.5, 0.6) is 0 Å². The normalized spacial score (nSPS) is 34.9. The fourth-order valence-electron chi connectivity index (χ4n) is 4.22. The van der Waals surface area contributed by atoms with Crippen molar-refractivity contribution in [2.75, 3.05) is 0 Å². The van der Waals surface area contributed by atoms with Gasteiger partial charge in [0.2, 0.25) is 6.41 Å². The molecule has 3 atom stereocenters. The van der Waals surface area contributed by atoms with Crippen LogP contribution in [0.3, 0.4) is 0 Å². The topological polar surface area (TPSA) is 29.1 Å². The summed E-state index contributed by atoms with van der Waals surface area (Å²) in [5, 5.41) is 2.95. The highest BCUT2D eigenvalue weighted by atomic mass is 16.1. The van der Waals surface area contributed by atoms with Gasteiger partial charge in [-0.2, -0.15) is 0 Å². The molecule has 1 N–H and O–H groups in total. The molecule has 2 rings (SSSR count). The lowest BCUT2D eigenvalue weighted by molar-refractivity contribution is -0.109. The van der Waals surface area contributed by atoms with E-state index >= 15 is 0 Å². The third-order valence-corrected chi connectivity index (χ3v) is 4.99. The van der Waals surface area contributed by atoms with Gasteiger partial charge in [0.15, 0.2) is 0 Å². The number of nitrogens with one attached hydrogen (secondary N) is 1. The van der Waals surface area contributed by atoms with Crippen LogP contribution >= 0.6 is 0 Å². The molecule has 0 radical (unpaired) electrons. The first-order chi connectivity index (χ1) is 8.49. The zero-order chi connectivity index (χ0) is 13.3. The molecule has 0 saturated heterocycles. The first-order valence-corrected chi connectivity index (χ1v) is 7.05. The highest BCUT2D eigenvalue weighted by molar-refractivity contribution is 5.51. The molecule has 2 nitrogen and oxygen atoms in total. The Bertz CT molecular complexity index is 392. The van der Waals surface area contributed by atoms with Crippen molar-refractivity contribution >= 4 is 6.41 Å². The highest BCUT2D eigenvalue weighted by Gasteiger charge is 2.48. The monoisotopic (exact) mass is 247 g/mol. The van der Waals surface area contributed by atoms with Crippen molar-refractivity contribution in [1.29, 1.82) is 0 Å². The molecule has 1 unspecified atom stereocenters. The number of hydrogen-bond donors (Lipinski definition) is 1. The fourth-order valence-corrected chi connectivity index (χ4v) is 4.22. The molecule has 2 fully saturated rings. The lowest BCUT2D eigenvalue weighted by Crippen LogP contribution is -2.33. The van der Waals surface area contributed by atoms with Crippen molar-refractivity contribution in [1.82, 2.24) is 5.32 Å². The first-order valence-electron chi connectivity index (χ1n) is 7.05. The number of hydrogen-bond acceptors (Lipinski definition) is 1. The Labute approximate surface area is 111 Å². The van der Waals surface area contributed by atoms with E-state index in [0.717, 1.165) is 18.5 Å². The number of carbonyl (C=O) groups excluding carboxylic acids is 1. The molecule has 0 aromatic carbocycles. The number of carbonyl (C=O) groups is 1. The standard InChI is InChI=1S/C16H25NO/c1-11(2)15(17-10-18)13-7-9-16(4)8-5-6-12(3)14(13)16/h10,13-14H,3,5-9H2,1-2,4H3,(H,17,18)/t13?,14-,16+/m0/s1. The molecule has 1 amide bonds. The molecular weight excluding hydrogens is 222 g/mol. The van der Waals surface area contributed by atoms with Gasteiger partial charge in [-0.15, -0.1) is 0 Å². The van der Waals surface area contributed by atoms with Crippen LogP contribution in [0, 0.1) is 17.3 Å². The maximum atomic E-state index is 10.8. The number of fused-ring (bicyclic) bond motifs is 1. The molecule has 0 aromatic heterocycles. The van der Waals surface area contributed by atoms with Crippen LogP contribution < -0.4 is 5.32 Å². The molecule has 2 aliphatic carbocycles. The van der Waals surface area contributed by atoms with Crippen molar-refractivity contribution < 1.29 is 4.79 Å². The van der Waals surface area contributed by atoms with Crippen LogP contribution in [-0.2, 0) is 4.79 Å². The van der Waals surface area contributed by atoms with Crippen LogP contribution in [0.1, 0.15) is 52.9 Å². The summed E-state index contributed by atoms with van der Waals surface area (Å²) in [7, 11) is 0. The second kappa shape index (κ2) is 4.91. The van der Waals surface area contributed by atoms with Gasteiger partial charge in [-0.1, -0.05) is 24.6 Å². The van der Waals surface area contributed by atoms with Gasteiger partial charge < -0.3 is 5.32 Å². The van der Waals surface area contributed by atoms with Gasteiger partial charge in [0.05, 0.1) is 0 Å². The predicted octanol–water partition coefficient (Wildman–Crippen LogP) is 3.80. The smallest absolute Gasteiger partial charge is 0.211 e. The van der Waals surface area contributed by atoms with Gasteiger partial charge >= 0.3 is 0 Å². The van der Waals surface area contributed by atoms with Crippen LogP contribution in [0.25, 0.3) is 0 Å². The minimum Gasteiger partial charge on any atom is -0.332 e. The van der Waals surface area contributed by atoms with E-state index in [1.807, 2.05) is 0 Å². The van der Waals surface area contributed by atoms with Crippen LogP contribution in [0.15, 0.2) is 23.4 Å². The summed E-state index contributed by atoms with van der Waals surface area (Å²) in [6.45, 7) is 10.9. The van der Waals surface area contributed by atoms with Crippen molar-refractivity contribution in [3.63, 3.8) is 0 Å². The Kier molecular flexibility index (Phi) is 3.65. The molecular formula is C16H25NO. The summed E-state index contributed by atoms with van der Waals surface area (Å²) < 4.78 is 0. The molecule has 2 aliphatic rings. The summed E-state index contributed by atoms with van der Waals surface area (Å²) in [6, 6.07) is 0. The van der Waals surface area contributed by atoms with Gasteiger partial charge in [-0.3, -0.25) is 4.79 Å². The van der Waals surface area contributed by atoms with E-state index in [1.54, 1.807) is 0 Å². The van der Waals surface area contributed by atoms with Crippen molar-refractivity contribution in [2.45, 2.75) is 52.9 Å². The molecule has 18 heavy (non-hydrogen) atoms. The minimum absolute atomic E-state index is 0.408. The van der Waals surface area contributed by atoms with E-state index in [-0.39, 0.29) is 0 Å². The Morgan fingerprint density at radius 2 is 2.17 bits per heavy atom. The third kappa shape index (κ3) is 2.13. The molecule has 0 aromatic rings.